The second kappa shape index (κ2) is 8.95. The summed E-state index contributed by atoms with van der Waals surface area (Å²) in [5.41, 5.74) is 2.35. The Kier molecular flexibility index (Phi) is 5.83. The van der Waals surface area contributed by atoms with Gasteiger partial charge in [0.05, 0.1) is 16.3 Å². The van der Waals surface area contributed by atoms with Gasteiger partial charge in [-0.25, -0.2) is 4.79 Å². The summed E-state index contributed by atoms with van der Waals surface area (Å²) < 4.78 is 2.47. The van der Waals surface area contributed by atoms with Crippen LogP contribution < -0.4 is 10.6 Å². The maximum Gasteiger partial charge on any atom is 0.342 e. The Bertz CT molecular complexity index is 1350. The van der Waals surface area contributed by atoms with Crippen LogP contribution in [0.5, 0.6) is 5.75 Å². The molecule has 0 bridgehead atoms. The number of nitrogens with one attached hydrogen (secondary N) is 2. The van der Waals surface area contributed by atoms with Gasteiger partial charge in [-0.2, -0.15) is 9.78 Å². The quantitative estimate of drug-likeness (QED) is 0.301. The van der Waals surface area contributed by atoms with E-state index < -0.39 is 0 Å². The van der Waals surface area contributed by atoms with Gasteiger partial charge in [0.1, 0.15) is 5.75 Å². The van der Waals surface area contributed by atoms with Crippen LogP contribution in [-0.4, -0.2) is 32.9 Å². The third-order valence-electron chi connectivity index (χ3n) is 6.09. The maximum absolute atomic E-state index is 12.9. The molecule has 1 aliphatic rings. The monoisotopic (exact) mass is 474 g/mol. The molecule has 1 unspecified atom stereocenters. The Morgan fingerprint density at radius 3 is 2.71 bits per heavy atom. The summed E-state index contributed by atoms with van der Waals surface area (Å²) in [6.45, 7) is 3.96. The van der Waals surface area contributed by atoms with E-state index in [4.69, 9.17) is 0 Å². The molecule has 7 nitrogen and oxygen atoms in total. The lowest BCUT2D eigenvalue weighted by Gasteiger charge is -2.12. The van der Waals surface area contributed by atoms with Crippen molar-refractivity contribution in [3.63, 3.8) is 0 Å². The van der Waals surface area contributed by atoms with Crippen molar-refractivity contribution < 1.29 is 14.7 Å². The molecule has 2 heterocycles. The number of carbonyl (C=O) groups is 2. The number of hydrogen-bond donors (Lipinski definition) is 3. The molecule has 0 saturated heterocycles. The minimum Gasteiger partial charge on any atom is -0.507 e. The first-order valence-corrected chi connectivity index (χ1v) is 12.3. The Hall–Kier alpha value is -3.65. The number of nitrogens with zero attached hydrogens (tertiary/aromatic N) is 2. The van der Waals surface area contributed by atoms with Crippen LogP contribution >= 0.6 is 11.3 Å². The van der Waals surface area contributed by atoms with Crippen LogP contribution in [0.3, 0.4) is 0 Å². The van der Waals surface area contributed by atoms with Crippen molar-refractivity contribution in [2.24, 2.45) is 0 Å². The molecule has 3 N–H and O–H groups in total. The fraction of sp³-hybridized carbons (Fsp3) is 0.269. The molecule has 2 amide bonds. The smallest absolute Gasteiger partial charge is 0.342 e. The number of hydrogen-bond acceptors (Lipinski definition) is 5. The van der Waals surface area contributed by atoms with E-state index in [-0.39, 0.29) is 23.7 Å². The number of phenolic OH excluding ortho intramolecular Hbond substituents is 1. The van der Waals surface area contributed by atoms with E-state index in [1.807, 2.05) is 50.2 Å². The minimum absolute atomic E-state index is 0.0352. The molecule has 2 aromatic carbocycles. The van der Waals surface area contributed by atoms with Crippen molar-refractivity contribution in [3.8, 4) is 17.0 Å². The van der Waals surface area contributed by atoms with Crippen LogP contribution in [0, 0.1) is 0 Å². The number of phenols is 1. The highest BCUT2D eigenvalue weighted by Crippen LogP contribution is 2.42. The van der Waals surface area contributed by atoms with Crippen molar-refractivity contribution in [2.45, 2.75) is 45.1 Å². The number of fused-ring (bicyclic) bond motifs is 1. The van der Waals surface area contributed by atoms with Crippen LogP contribution in [-0.2, 0) is 0 Å². The fourth-order valence-corrected chi connectivity index (χ4v) is 4.80. The average Bonchev–Trinajstić information content (AvgIpc) is 3.42. The van der Waals surface area contributed by atoms with Gasteiger partial charge in [-0.1, -0.05) is 25.1 Å². The van der Waals surface area contributed by atoms with Gasteiger partial charge in [-0.15, -0.1) is 11.3 Å². The molecule has 0 spiro atoms. The Balaban J connectivity index is 1.43. The van der Waals surface area contributed by atoms with Crippen LogP contribution in [0.1, 0.15) is 54.4 Å². The first-order valence-electron chi connectivity index (χ1n) is 11.5. The van der Waals surface area contributed by atoms with E-state index in [1.165, 1.54) is 22.1 Å². The largest absolute Gasteiger partial charge is 0.507 e. The van der Waals surface area contributed by atoms with E-state index in [9.17, 15) is 14.7 Å². The molecule has 5 rings (SSSR count). The molecular formula is C26H26N4O3S. The fourth-order valence-electron chi connectivity index (χ4n) is 3.84. The summed E-state index contributed by atoms with van der Waals surface area (Å²) in [5, 5.41) is 22.0. The lowest BCUT2D eigenvalue weighted by atomic mass is 10.1. The zero-order valence-electron chi connectivity index (χ0n) is 19.0. The SMILES string of the molecule is CCC(C)NC(=O)n1nc(-c2cc(NC(=O)c3cc4ccccc4s3)ccc2O)cc1C1CC1. The van der Waals surface area contributed by atoms with Crippen LogP contribution in [0.25, 0.3) is 21.3 Å². The lowest BCUT2D eigenvalue weighted by Crippen LogP contribution is -2.36. The van der Waals surface area contributed by atoms with Crippen LogP contribution in [0.15, 0.2) is 54.6 Å². The van der Waals surface area contributed by atoms with E-state index in [1.54, 1.807) is 12.1 Å². The van der Waals surface area contributed by atoms with Crippen LogP contribution in [0.2, 0.25) is 0 Å². The number of thiophene rings is 1. The van der Waals surface area contributed by atoms with Gasteiger partial charge in [-0.05, 0) is 68.0 Å². The molecule has 174 valence electrons. The number of aromatic hydroxyl groups is 1. The molecule has 0 radical (unpaired) electrons. The van der Waals surface area contributed by atoms with E-state index in [0.717, 1.165) is 35.0 Å². The second-order valence-corrected chi connectivity index (χ2v) is 9.82. The molecule has 2 aromatic heterocycles. The number of carbonyl (C=O) groups excluding carboxylic acids is 2. The Morgan fingerprint density at radius 1 is 1.18 bits per heavy atom. The van der Waals surface area contributed by atoms with E-state index >= 15 is 0 Å². The van der Waals surface area contributed by atoms with Crippen LogP contribution in [0.4, 0.5) is 10.5 Å². The van der Waals surface area contributed by atoms with Gasteiger partial charge in [-0.3, -0.25) is 4.79 Å². The first-order chi connectivity index (χ1) is 16.4. The molecule has 1 atom stereocenters. The zero-order chi connectivity index (χ0) is 23.8. The first kappa shape index (κ1) is 22.2. The van der Waals surface area contributed by atoms with Crippen molar-refractivity contribution >= 4 is 39.0 Å². The minimum atomic E-state index is -0.267. The standard InChI is InChI=1S/C26H26N4O3S/c1-3-15(2)27-26(33)30-21(16-8-9-16)14-20(29-30)19-13-18(10-11-22(19)31)28-25(32)24-12-17-6-4-5-7-23(17)34-24/h4-7,10-16,31H,3,8-9H2,1-2H3,(H,27,33)(H,28,32). The van der Waals surface area contributed by atoms with Gasteiger partial charge >= 0.3 is 6.03 Å². The number of rotatable bonds is 6. The summed E-state index contributed by atoms with van der Waals surface area (Å²) in [7, 11) is 0. The number of amides is 2. The second-order valence-electron chi connectivity index (χ2n) is 8.73. The molecular weight excluding hydrogens is 448 g/mol. The molecule has 1 aliphatic carbocycles. The number of benzene rings is 2. The molecule has 4 aromatic rings. The molecule has 8 heteroatoms. The topological polar surface area (TPSA) is 96.3 Å². The van der Waals surface area contributed by atoms with Gasteiger partial charge in [0, 0.05) is 27.9 Å². The highest BCUT2D eigenvalue weighted by molar-refractivity contribution is 7.20. The van der Waals surface area contributed by atoms with Crippen molar-refractivity contribution in [3.05, 3.63) is 65.2 Å². The van der Waals surface area contributed by atoms with Crippen molar-refractivity contribution in [1.82, 2.24) is 15.1 Å². The lowest BCUT2D eigenvalue weighted by molar-refractivity contribution is 0.103. The molecule has 1 saturated carbocycles. The van der Waals surface area contributed by atoms with Crippen molar-refractivity contribution in [2.75, 3.05) is 5.32 Å². The van der Waals surface area contributed by atoms with Gasteiger partial charge in [0.15, 0.2) is 0 Å². The summed E-state index contributed by atoms with van der Waals surface area (Å²) in [6.07, 6.45) is 2.85. The molecule has 1 fully saturated rings. The summed E-state index contributed by atoms with van der Waals surface area (Å²) in [4.78, 5) is 26.3. The normalized spacial score (nSPS) is 14.2. The van der Waals surface area contributed by atoms with Gasteiger partial charge < -0.3 is 15.7 Å². The summed E-state index contributed by atoms with van der Waals surface area (Å²) in [5.74, 6) is 0.117. The third-order valence-corrected chi connectivity index (χ3v) is 7.20. The number of anilines is 1. The third kappa shape index (κ3) is 4.41. The Labute approximate surface area is 201 Å². The van der Waals surface area contributed by atoms with Gasteiger partial charge in [0.25, 0.3) is 5.91 Å². The molecule has 34 heavy (non-hydrogen) atoms. The predicted molar refractivity (Wildman–Crippen MR) is 135 cm³/mol. The average molecular weight is 475 g/mol. The summed E-state index contributed by atoms with van der Waals surface area (Å²) >= 11 is 1.43. The van der Waals surface area contributed by atoms with E-state index in [2.05, 4.69) is 15.7 Å². The van der Waals surface area contributed by atoms with E-state index in [0.29, 0.717) is 27.7 Å². The maximum atomic E-state index is 12.9. The Morgan fingerprint density at radius 2 is 1.97 bits per heavy atom. The molecule has 0 aliphatic heterocycles. The summed E-state index contributed by atoms with van der Waals surface area (Å²) in [6, 6.07) is 16.2. The van der Waals surface area contributed by atoms with Gasteiger partial charge in [0.2, 0.25) is 0 Å². The number of aromatic nitrogens is 2. The zero-order valence-corrected chi connectivity index (χ0v) is 19.9. The van der Waals surface area contributed by atoms with Crippen molar-refractivity contribution in [1.29, 1.82) is 0 Å². The predicted octanol–water partition coefficient (Wildman–Crippen LogP) is 5.96. The highest BCUT2D eigenvalue weighted by atomic mass is 32.1. The highest BCUT2D eigenvalue weighted by Gasteiger charge is 2.31.